The Kier molecular flexibility index (Phi) is 4.46. The zero-order valence-electron chi connectivity index (χ0n) is 10.1. The standard InChI is InChI=1S/C12H10BrNO5S/c13-7-3-6(1-2-8(7)19-5-10(15)16)4-9-11(17)14-12(18)20-9/h1-3,17H,4-5H2,(H,14,18)(H,15,16). The number of aliphatic carboxylic acids is 1. The lowest BCUT2D eigenvalue weighted by molar-refractivity contribution is -0.139. The Bertz CT molecular complexity index is 693. The second kappa shape index (κ2) is 6.10. The van der Waals surface area contributed by atoms with Gasteiger partial charge in [-0.25, -0.2) is 4.79 Å². The highest BCUT2D eigenvalue weighted by Gasteiger charge is 2.10. The summed E-state index contributed by atoms with van der Waals surface area (Å²) < 4.78 is 5.69. The molecule has 2 aromatic rings. The summed E-state index contributed by atoms with van der Waals surface area (Å²) in [5.74, 6) is -0.757. The number of carboxylic acids is 1. The summed E-state index contributed by atoms with van der Waals surface area (Å²) in [5, 5.41) is 18.1. The van der Waals surface area contributed by atoms with Gasteiger partial charge in [0.15, 0.2) is 6.61 Å². The molecule has 0 aliphatic carbocycles. The van der Waals surface area contributed by atoms with Crippen molar-refractivity contribution in [3.63, 3.8) is 0 Å². The fraction of sp³-hybridized carbons (Fsp3) is 0.167. The number of aromatic nitrogens is 1. The lowest BCUT2D eigenvalue weighted by Crippen LogP contribution is -2.09. The molecule has 0 atom stereocenters. The quantitative estimate of drug-likeness (QED) is 0.757. The predicted molar refractivity (Wildman–Crippen MR) is 76.7 cm³/mol. The van der Waals surface area contributed by atoms with Gasteiger partial charge in [-0.1, -0.05) is 17.4 Å². The predicted octanol–water partition coefficient (Wildman–Crippen LogP) is 1.96. The zero-order chi connectivity index (χ0) is 14.7. The summed E-state index contributed by atoms with van der Waals surface area (Å²) in [6, 6.07) is 5.13. The lowest BCUT2D eigenvalue weighted by atomic mass is 10.1. The minimum absolute atomic E-state index is 0.123. The molecule has 2 rings (SSSR count). The molecular formula is C12H10BrNO5S. The smallest absolute Gasteiger partial charge is 0.341 e. The van der Waals surface area contributed by atoms with Gasteiger partial charge in [-0.15, -0.1) is 0 Å². The third-order valence-corrected chi connectivity index (χ3v) is 3.90. The summed E-state index contributed by atoms with van der Waals surface area (Å²) >= 11 is 4.24. The van der Waals surface area contributed by atoms with Gasteiger partial charge >= 0.3 is 10.8 Å². The number of ether oxygens (including phenoxy) is 1. The molecule has 1 heterocycles. The Morgan fingerprint density at radius 1 is 1.45 bits per heavy atom. The van der Waals surface area contributed by atoms with Gasteiger partial charge in [0.05, 0.1) is 9.35 Å². The van der Waals surface area contributed by atoms with Crippen LogP contribution >= 0.6 is 27.3 Å². The van der Waals surface area contributed by atoms with Crippen molar-refractivity contribution in [2.24, 2.45) is 0 Å². The second-order valence-corrected chi connectivity index (χ2v) is 5.83. The fourth-order valence-corrected chi connectivity index (χ4v) is 2.87. The Labute approximate surface area is 125 Å². The third kappa shape index (κ3) is 3.61. The number of carbonyl (C=O) groups is 1. The highest BCUT2D eigenvalue weighted by Crippen LogP contribution is 2.28. The number of thiazole rings is 1. The van der Waals surface area contributed by atoms with Crippen LogP contribution in [0.5, 0.6) is 11.6 Å². The van der Waals surface area contributed by atoms with E-state index in [1.807, 2.05) is 0 Å². The number of aromatic amines is 1. The van der Waals surface area contributed by atoms with E-state index in [2.05, 4.69) is 20.9 Å². The van der Waals surface area contributed by atoms with Gasteiger partial charge in [-0.05, 0) is 33.6 Å². The maximum atomic E-state index is 11.1. The maximum absolute atomic E-state index is 11.1. The molecule has 0 aliphatic rings. The van der Waals surface area contributed by atoms with Gasteiger partial charge in [0, 0.05) is 6.42 Å². The number of benzene rings is 1. The first kappa shape index (κ1) is 14.6. The van der Waals surface area contributed by atoms with E-state index in [1.165, 1.54) is 0 Å². The van der Waals surface area contributed by atoms with Crippen LogP contribution in [0.25, 0.3) is 0 Å². The van der Waals surface area contributed by atoms with Crippen LogP contribution < -0.4 is 9.61 Å². The molecule has 20 heavy (non-hydrogen) atoms. The fourth-order valence-electron chi connectivity index (χ4n) is 1.57. The Balaban J connectivity index is 2.14. The first-order valence-corrected chi connectivity index (χ1v) is 7.10. The van der Waals surface area contributed by atoms with E-state index < -0.39 is 12.6 Å². The monoisotopic (exact) mass is 359 g/mol. The van der Waals surface area contributed by atoms with E-state index in [-0.39, 0.29) is 10.8 Å². The topological polar surface area (TPSA) is 99.6 Å². The molecule has 0 spiro atoms. The molecule has 6 nitrogen and oxygen atoms in total. The number of halogens is 1. The van der Waals surface area contributed by atoms with Gasteiger partial charge in [0.2, 0.25) is 5.88 Å². The number of hydrogen-bond acceptors (Lipinski definition) is 5. The molecule has 8 heteroatoms. The van der Waals surface area contributed by atoms with Crippen molar-refractivity contribution in [2.75, 3.05) is 6.61 Å². The van der Waals surface area contributed by atoms with E-state index in [0.29, 0.717) is 21.5 Å². The lowest BCUT2D eigenvalue weighted by Gasteiger charge is -2.07. The van der Waals surface area contributed by atoms with E-state index >= 15 is 0 Å². The van der Waals surface area contributed by atoms with Crippen LogP contribution in [0.15, 0.2) is 27.5 Å². The normalized spacial score (nSPS) is 10.4. The molecule has 0 saturated heterocycles. The number of hydrogen-bond donors (Lipinski definition) is 3. The number of rotatable bonds is 5. The molecule has 0 aliphatic heterocycles. The van der Waals surface area contributed by atoms with Gasteiger partial charge in [0.25, 0.3) is 0 Å². The van der Waals surface area contributed by atoms with Crippen molar-refractivity contribution in [3.05, 3.63) is 42.8 Å². The van der Waals surface area contributed by atoms with Crippen molar-refractivity contribution in [2.45, 2.75) is 6.42 Å². The number of aromatic hydroxyl groups is 1. The SMILES string of the molecule is O=C(O)COc1ccc(Cc2sc(=O)[nH]c2O)cc1Br. The molecule has 3 N–H and O–H groups in total. The van der Waals surface area contributed by atoms with Gasteiger partial charge < -0.3 is 14.9 Å². The summed E-state index contributed by atoms with van der Waals surface area (Å²) in [5.41, 5.74) is 0.852. The number of H-pyrrole nitrogens is 1. The minimum atomic E-state index is -1.05. The van der Waals surface area contributed by atoms with Crippen LogP contribution in [0.4, 0.5) is 0 Å². The van der Waals surface area contributed by atoms with Crippen molar-refractivity contribution in [1.82, 2.24) is 4.98 Å². The number of nitrogens with one attached hydrogen (secondary N) is 1. The largest absolute Gasteiger partial charge is 0.494 e. The molecule has 0 bridgehead atoms. The molecule has 0 fully saturated rings. The Morgan fingerprint density at radius 3 is 2.75 bits per heavy atom. The Hall–Kier alpha value is -1.80. The molecule has 0 radical (unpaired) electrons. The average Bonchev–Trinajstić information content (AvgIpc) is 2.66. The van der Waals surface area contributed by atoms with E-state index in [0.717, 1.165) is 16.9 Å². The summed E-state index contributed by atoms with van der Waals surface area (Å²) in [6.45, 7) is -0.418. The van der Waals surface area contributed by atoms with Crippen LogP contribution in [-0.2, 0) is 11.2 Å². The van der Waals surface area contributed by atoms with Crippen molar-refractivity contribution in [1.29, 1.82) is 0 Å². The molecule has 1 aromatic carbocycles. The number of carboxylic acid groups (broad SMARTS) is 1. The van der Waals surface area contributed by atoms with Crippen LogP contribution in [0.1, 0.15) is 10.4 Å². The maximum Gasteiger partial charge on any atom is 0.341 e. The van der Waals surface area contributed by atoms with Crippen LogP contribution in [0, 0.1) is 0 Å². The van der Waals surface area contributed by atoms with Gasteiger partial charge in [-0.2, -0.15) is 0 Å². The van der Waals surface area contributed by atoms with Crippen molar-refractivity contribution in [3.8, 4) is 11.6 Å². The first-order chi connectivity index (χ1) is 9.45. The van der Waals surface area contributed by atoms with Gasteiger partial charge in [0.1, 0.15) is 5.75 Å². The summed E-state index contributed by atoms with van der Waals surface area (Å²) in [6.07, 6.45) is 0.396. The molecule has 1 aromatic heterocycles. The van der Waals surface area contributed by atoms with E-state index in [4.69, 9.17) is 9.84 Å². The molecule has 106 valence electrons. The van der Waals surface area contributed by atoms with Crippen molar-refractivity contribution < 1.29 is 19.7 Å². The molecular weight excluding hydrogens is 350 g/mol. The Morgan fingerprint density at radius 2 is 2.20 bits per heavy atom. The van der Waals surface area contributed by atoms with Crippen LogP contribution in [0.3, 0.4) is 0 Å². The molecule has 0 amide bonds. The van der Waals surface area contributed by atoms with E-state index in [1.54, 1.807) is 18.2 Å². The molecule has 0 saturated carbocycles. The zero-order valence-corrected chi connectivity index (χ0v) is 12.5. The highest BCUT2D eigenvalue weighted by atomic mass is 79.9. The minimum Gasteiger partial charge on any atom is -0.494 e. The van der Waals surface area contributed by atoms with Crippen LogP contribution in [0.2, 0.25) is 0 Å². The first-order valence-electron chi connectivity index (χ1n) is 5.49. The van der Waals surface area contributed by atoms with Crippen molar-refractivity contribution >= 4 is 33.2 Å². The average molecular weight is 360 g/mol. The van der Waals surface area contributed by atoms with E-state index in [9.17, 15) is 14.7 Å². The third-order valence-electron chi connectivity index (χ3n) is 2.41. The summed E-state index contributed by atoms with van der Waals surface area (Å²) in [4.78, 5) is 24.1. The summed E-state index contributed by atoms with van der Waals surface area (Å²) in [7, 11) is 0. The van der Waals surface area contributed by atoms with Crippen LogP contribution in [-0.4, -0.2) is 27.8 Å². The molecule has 0 unspecified atom stereocenters. The second-order valence-electron chi connectivity index (χ2n) is 3.91. The highest BCUT2D eigenvalue weighted by molar-refractivity contribution is 9.10. The van der Waals surface area contributed by atoms with Gasteiger partial charge in [-0.3, -0.25) is 9.78 Å².